The van der Waals surface area contributed by atoms with E-state index in [0.717, 1.165) is 46.5 Å². The molecule has 0 unspecified atom stereocenters. The number of hydrogen-bond acceptors (Lipinski definition) is 7. The van der Waals surface area contributed by atoms with Crippen LogP contribution in [0.3, 0.4) is 0 Å². The summed E-state index contributed by atoms with van der Waals surface area (Å²) in [4.78, 5) is 32.3. The lowest BCUT2D eigenvalue weighted by Gasteiger charge is -2.15. The minimum absolute atomic E-state index is 0.0771. The van der Waals surface area contributed by atoms with Gasteiger partial charge in [0.2, 0.25) is 5.78 Å². The fraction of sp³-hybridized carbons (Fsp3) is 0.148. The maximum Gasteiger partial charge on any atom is 0.439 e. The van der Waals surface area contributed by atoms with Crippen molar-refractivity contribution in [2.24, 2.45) is 0 Å². The lowest BCUT2D eigenvalue weighted by Crippen LogP contribution is -2.28. The topological polar surface area (TPSA) is 111 Å². The lowest BCUT2D eigenvalue weighted by molar-refractivity contribution is 0.388. The SMILES string of the molecule is CCCc1c(Cc2ccc(-c3ccccc3-c3noc(=O)[nH]3)cc2)c(=O)n(-c2ccsc2)c2ncnn12. The van der Waals surface area contributed by atoms with Crippen LogP contribution < -0.4 is 11.3 Å². The summed E-state index contributed by atoms with van der Waals surface area (Å²) in [7, 11) is 0. The Hall–Kier alpha value is -4.57. The quantitative estimate of drug-likeness (QED) is 0.339. The Labute approximate surface area is 214 Å². The van der Waals surface area contributed by atoms with E-state index in [0.29, 0.717) is 23.6 Å². The zero-order valence-electron chi connectivity index (χ0n) is 19.9. The monoisotopic (exact) mass is 510 g/mol. The molecule has 0 aliphatic heterocycles. The third kappa shape index (κ3) is 4.11. The molecule has 6 rings (SSSR count). The average Bonchev–Trinajstić information content (AvgIpc) is 3.70. The van der Waals surface area contributed by atoms with E-state index in [1.54, 1.807) is 9.08 Å². The third-order valence-electron chi connectivity index (χ3n) is 6.31. The number of aromatic nitrogens is 6. The van der Waals surface area contributed by atoms with Gasteiger partial charge in [0.1, 0.15) is 6.33 Å². The van der Waals surface area contributed by atoms with Gasteiger partial charge in [-0.15, -0.1) is 0 Å². The molecule has 9 nitrogen and oxygen atoms in total. The minimum Gasteiger partial charge on any atom is -0.296 e. The van der Waals surface area contributed by atoms with Crippen LogP contribution in [0.1, 0.15) is 30.2 Å². The van der Waals surface area contributed by atoms with Gasteiger partial charge < -0.3 is 0 Å². The van der Waals surface area contributed by atoms with Crippen LogP contribution >= 0.6 is 11.3 Å². The van der Waals surface area contributed by atoms with Crippen LogP contribution in [-0.2, 0) is 12.8 Å². The molecule has 0 spiro atoms. The number of aryl methyl sites for hydroxylation is 1. The molecule has 0 radical (unpaired) electrons. The predicted molar refractivity (Wildman–Crippen MR) is 141 cm³/mol. The van der Waals surface area contributed by atoms with Gasteiger partial charge in [-0.2, -0.15) is 21.4 Å². The van der Waals surface area contributed by atoms with E-state index < -0.39 is 5.76 Å². The first-order valence-electron chi connectivity index (χ1n) is 11.9. The molecule has 0 saturated carbocycles. The fourth-order valence-corrected chi connectivity index (χ4v) is 5.26. The molecule has 0 atom stereocenters. The Morgan fingerprint density at radius 1 is 1.03 bits per heavy atom. The summed E-state index contributed by atoms with van der Waals surface area (Å²) in [6, 6.07) is 17.6. The number of rotatable bonds is 7. The lowest BCUT2D eigenvalue weighted by atomic mass is 9.96. The van der Waals surface area contributed by atoms with Crippen molar-refractivity contribution < 1.29 is 4.52 Å². The average molecular weight is 511 g/mol. The number of benzene rings is 2. The van der Waals surface area contributed by atoms with E-state index in [1.165, 1.54) is 17.7 Å². The van der Waals surface area contributed by atoms with Crippen molar-refractivity contribution in [3.8, 4) is 28.2 Å². The van der Waals surface area contributed by atoms with Crippen molar-refractivity contribution in [2.45, 2.75) is 26.2 Å². The molecule has 0 saturated heterocycles. The largest absolute Gasteiger partial charge is 0.439 e. The van der Waals surface area contributed by atoms with E-state index in [1.807, 2.05) is 65.4 Å². The number of thiophene rings is 1. The fourth-order valence-electron chi connectivity index (χ4n) is 4.64. The number of H-pyrrole nitrogens is 1. The second kappa shape index (κ2) is 9.47. The Morgan fingerprint density at radius 3 is 2.54 bits per heavy atom. The molecular weight excluding hydrogens is 488 g/mol. The zero-order chi connectivity index (χ0) is 25.4. The second-order valence-corrected chi connectivity index (χ2v) is 9.41. The standard InChI is InChI=1S/C27H22N6O3S/c1-2-5-23-22(25(34)32(19-12-13-37-15-19)26-28-16-29-33(23)26)14-17-8-10-18(11-9-17)20-6-3-4-7-21(20)24-30-27(35)36-31-24/h3-4,6-13,15-16H,2,5,14H2,1H3,(H,30,31,35). The number of fused-ring (bicyclic) bond motifs is 1. The van der Waals surface area contributed by atoms with Gasteiger partial charge in [-0.3, -0.25) is 14.3 Å². The maximum absolute atomic E-state index is 13.8. The smallest absolute Gasteiger partial charge is 0.296 e. The van der Waals surface area contributed by atoms with Gasteiger partial charge in [0.15, 0.2) is 5.82 Å². The number of nitrogens with one attached hydrogen (secondary N) is 1. The summed E-state index contributed by atoms with van der Waals surface area (Å²) in [6.07, 6.45) is 3.56. The van der Waals surface area contributed by atoms with Crippen LogP contribution in [0.25, 0.3) is 34.0 Å². The van der Waals surface area contributed by atoms with Gasteiger partial charge in [-0.05, 0) is 34.6 Å². The van der Waals surface area contributed by atoms with Crippen molar-refractivity contribution >= 4 is 17.1 Å². The van der Waals surface area contributed by atoms with Gasteiger partial charge in [-0.1, -0.05) is 67.0 Å². The van der Waals surface area contributed by atoms with Crippen molar-refractivity contribution in [1.82, 2.24) is 29.3 Å². The third-order valence-corrected chi connectivity index (χ3v) is 6.99. The first kappa shape index (κ1) is 22.9. The van der Waals surface area contributed by atoms with E-state index in [2.05, 4.69) is 27.1 Å². The minimum atomic E-state index is -0.597. The molecule has 37 heavy (non-hydrogen) atoms. The summed E-state index contributed by atoms with van der Waals surface area (Å²) in [5.41, 5.74) is 5.94. The second-order valence-electron chi connectivity index (χ2n) is 8.63. The van der Waals surface area contributed by atoms with E-state index in [-0.39, 0.29) is 5.56 Å². The van der Waals surface area contributed by atoms with Crippen molar-refractivity contribution in [1.29, 1.82) is 0 Å². The van der Waals surface area contributed by atoms with Crippen LogP contribution in [0.2, 0.25) is 0 Å². The Kier molecular flexibility index (Phi) is 5.85. The first-order chi connectivity index (χ1) is 18.1. The van der Waals surface area contributed by atoms with Crippen LogP contribution in [0.5, 0.6) is 0 Å². The molecule has 2 aromatic carbocycles. The maximum atomic E-state index is 13.8. The highest BCUT2D eigenvalue weighted by Gasteiger charge is 2.20. The van der Waals surface area contributed by atoms with Crippen LogP contribution in [-0.4, -0.2) is 29.3 Å². The van der Waals surface area contributed by atoms with Crippen molar-refractivity contribution in [3.05, 3.63) is 109 Å². The highest BCUT2D eigenvalue weighted by atomic mass is 32.1. The molecule has 0 aliphatic carbocycles. The van der Waals surface area contributed by atoms with Gasteiger partial charge >= 0.3 is 5.76 Å². The van der Waals surface area contributed by atoms with Gasteiger partial charge in [0.25, 0.3) is 5.56 Å². The molecule has 6 aromatic rings. The van der Waals surface area contributed by atoms with Crippen LogP contribution in [0, 0.1) is 0 Å². The highest BCUT2D eigenvalue weighted by Crippen LogP contribution is 2.30. The van der Waals surface area contributed by atoms with E-state index in [4.69, 9.17) is 4.52 Å². The summed E-state index contributed by atoms with van der Waals surface area (Å²) in [5, 5.41) is 12.2. The zero-order valence-corrected chi connectivity index (χ0v) is 20.7. The Balaban J connectivity index is 1.42. The highest BCUT2D eigenvalue weighted by molar-refractivity contribution is 7.08. The molecule has 0 bridgehead atoms. The molecule has 0 amide bonds. The van der Waals surface area contributed by atoms with Gasteiger partial charge in [0, 0.05) is 22.9 Å². The first-order valence-corrected chi connectivity index (χ1v) is 12.8. The molecule has 0 fully saturated rings. The number of nitrogens with zero attached hydrogens (tertiary/aromatic N) is 5. The number of aromatic amines is 1. The molecule has 1 N–H and O–H groups in total. The summed E-state index contributed by atoms with van der Waals surface area (Å²) in [6.45, 7) is 2.09. The molecule has 4 aromatic heterocycles. The van der Waals surface area contributed by atoms with Crippen molar-refractivity contribution in [2.75, 3.05) is 0 Å². The Morgan fingerprint density at radius 2 is 1.84 bits per heavy atom. The summed E-state index contributed by atoms with van der Waals surface area (Å²) < 4.78 is 8.13. The van der Waals surface area contributed by atoms with Crippen LogP contribution in [0.4, 0.5) is 0 Å². The van der Waals surface area contributed by atoms with Crippen LogP contribution in [0.15, 0.2) is 85.8 Å². The Bertz CT molecular complexity index is 1810. The van der Waals surface area contributed by atoms with Gasteiger partial charge in [-0.25, -0.2) is 13.9 Å². The number of hydrogen-bond donors (Lipinski definition) is 1. The van der Waals surface area contributed by atoms with Gasteiger partial charge in [0.05, 0.1) is 11.4 Å². The molecule has 184 valence electrons. The normalized spacial score (nSPS) is 11.4. The molecule has 4 heterocycles. The van der Waals surface area contributed by atoms with Crippen molar-refractivity contribution in [3.63, 3.8) is 0 Å². The summed E-state index contributed by atoms with van der Waals surface area (Å²) >= 11 is 1.53. The van der Waals surface area contributed by atoms with E-state index in [9.17, 15) is 9.59 Å². The molecule has 10 heteroatoms. The summed E-state index contributed by atoms with van der Waals surface area (Å²) in [5.74, 6) is 0.304. The predicted octanol–water partition coefficient (Wildman–Crippen LogP) is 4.50. The molecule has 0 aliphatic rings. The molecular formula is C27H22N6O3S. The van der Waals surface area contributed by atoms with E-state index >= 15 is 0 Å².